The molecule has 3 aromatic carbocycles. The molecule has 0 bridgehead atoms. The summed E-state index contributed by atoms with van der Waals surface area (Å²) in [4.78, 5) is 13.5. The van der Waals surface area contributed by atoms with E-state index in [1.807, 2.05) is 30.3 Å². The van der Waals surface area contributed by atoms with Gasteiger partial charge in [0.2, 0.25) is 15.9 Å². The van der Waals surface area contributed by atoms with Crippen molar-refractivity contribution in [1.82, 2.24) is 9.62 Å². The number of nitrogens with one attached hydrogen (secondary N) is 1. The number of rotatable bonds is 7. The van der Waals surface area contributed by atoms with Crippen LogP contribution in [0.25, 0.3) is 0 Å². The fourth-order valence-corrected chi connectivity index (χ4v) is 5.59. The maximum Gasteiger partial charge on any atom is 0.244 e. The lowest BCUT2D eigenvalue weighted by atomic mass is 9.95. The monoisotopic (exact) mass is 466 g/mol. The number of carbonyl (C=O) groups is 1. The number of fused-ring (bicyclic) bond motifs is 1. The Labute approximate surface area is 194 Å². The van der Waals surface area contributed by atoms with Gasteiger partial charge in [-0.25, -0.2) is 8.42 Å². The van der Waals surface area contributed by atoms with E-state index in [4.69, 9.17) is 9.47 Å². The van der Waals surface area contributed by atoms with Gasteiger partial charge in [-0.15, -0.1) is 0 Å². The molecular weight excluding hydrogens is 440 g/mol. The highest BCUT2D eigenvalue weighted by Crippen LogP contribution is 2.30. The van der Waals surface area contributed by atoms with Gasteiger partial charge in [-0.2, -0.15) is 4.31 Å². The van der Waals surface area contributed by atoms with Gasteiger partial charge in [-0.1, -0.05) is 42.5 Å². The van der Waals surface area contributed by atoms with Crippen molar-refractivity contribution >= 4 is 15.9 Å². The lowest BCUT2D eigenvalue weighted by Gasteiger charge is -2.35. The minimum Gasteiger partial charge on any atom is -0.497 e. The first kappa shape index (κ1) is 22.8. The van der Waals surface area contributed by atoms with Crippen LogP contribution in [0.2, 0.25) is 0 Å². The van der Waals surface area contributed by atoms with E-state index in [-0.39, 0.29) is 23.9 Å². The predicted molar refractivity (Wildman–Crippen MR) is 124 cm³/mol. The maximum atomic E-state index is 13.5. The fourth-order valence-electron chi connectivity index (χ4n) is 4.00. The molecule has 1 atom stereocenters. The number of carbonyl (C=O) groups excluding carboxylic acids is 1. The minimum absolute atomic E-state index is 0.136. The molecule has 1 aliphatic heterocycles. The molecule has 1 heterocycles. The van der Waals surface area contributed by atoms with Crippen LogP contribution in [-0.2, 0) is 34.3 Å². The molecule has 8 heteroatoms. The highest BCUT2D eigenvalue weighted by atomic mass is 32.2. The van der Waals surface area contributed by atoms with Gasteiger partial charge >= 0.3 is 0 Å². The lowest BCUT2D eigenvalue weighted by Crippen LogP contribution is -2.52. The number of amides is 1. The van der Waals surface area contributed by atoms with Crippen molar-refractivity contribution in [1.29, 1.82) is 0 Å². The summed E-state index contributed by atoms with van der Waals surface area (Å²) in [5, 5.41) is 2.90. The van der Waals surface area contributed by atoms with Crippen LogP contribution in [0.5, 0.6) is 11.5 Å². The van der Waals surface area contributed by atoms with Gasteiger partial charge in [-0.05, 0) is 41.8 Å². The molecule has 0 spiro atoms. The number of hydrogen-bond donors (Lipinski definition) is 1. The Morgan fingerprint density at radius 3 is 2.36 bits per heavy atom. The first-order valence-electron chi connectivity index (χ1n) is 10.6. The summed E-state index contributed by atoms with van der Waals surface area (Å²) >= 11 is 0. The second-order valence-corrected chi connectivity index (χ2v) is 9.64. The van der Waals surface area contributed by atoms with Crippen LogP contribution in [0.1, 0.15) is 16.7 Å². The zero-order chi connectivity index (χ0) is 23.4. The Kier molecular flexibility index (Phi) is 6.67. The molecule has 7 nitrogen and oxygen atoms in total. The van der Waals surface area contributed by atoms with Gasteiger partial charge < -0.3 is 14.8 Å². The summed E-state index contributed by atoms with van der Waals surface area (Å²) in [7, 11) is -0.756. The van der Waals surface area contributed by atoms with E-state index in [9.17, 15) is 13.2 Å². The van der Waals surface area contributed by atoms with Gasteiger partial charge in [0.1, 0.15) is 17.5 Å². The molecule has 0 saturated carbocycles. The Hall–Kier alpha value is -3.36. The standard InChI is InChI=1S/C25H26N2O5S/c1-31-21-13-12-19(24(15-21)32-2)16-26-25(28)23-14-18-8-6-7-9-20(18)17-27(23)33(29,30)22-10-4-3-5-11-22/h3-13,15,23H,14,16-17H2,1-2H3,(H,26,28)/t23-/m1/s1. The van der Waals surface area contributed by atoms with Crippen LogP contribution >= 0.6 is 0 Å². The molecule has 0 aromatic heterocycles. The smallest absolute Gasteiger partial charge is 0.244 e. The average molecular weight is 467 g/mol. The zero-order valence-electron chi connectivity index (χ0n) is 18.5. The largest absolute Gasteiger partial charge is 0.497 e. The van der Waals surface area contributed by atoms with E-state index >= 15 is 0 Å². The van der Waals surface area contributed by atoms with Crippen LogP contribution in [0.4, 0.5) is 0 Å². The molecule has 0 fully saturated rings. The van der Waals surface area contributed by atoms with E-state index in [0.29, 0.717) is 17.9 Å². The maximum absolute atomic E-state index is 13.5. The van der Waals surface area contributed by atoms with Crippen molar-refractivity contribution in [3.05, 3.63) is 89.5 Å². The first-order chi connectivity index (χ1) is 15.9. The number of ether oxygens (including phenoxy) is 2. The summed E-state index contributed by atoms with van der Waals surface area (Å²) in [5.74, 6) is 0.866. The number of hydrogen-bond acceptors (Lipinski definition) is 5. The normalized spacial score (nSPS) is 16.0. The summed E-state index contributed by atoms with van der Waals surface area (Å²) in [5.41, 5.74) is 2.64. The fraction of sp³-hybridized carbons (Fsp3) is 0.240. The van der Waals surface area contributed by atoms with E-state index in [2.05, 4.69) is 5.32 Å². The van der Waals surface area contributed by atoms with Gasteiger partial charge in [0.05, 0.1) is 19.1 Å². The molecule has 1 amide bonds. The third-order valence-electron chi connectivity index (χ3n) is 5.81. The molecule has 4 rings (SSSR count). The van der Waals surface area contributed by atoms with Crippen LogP contribution in [0, 0.1) is 0 Å². The Bertz CT molecular complexity index is 1240. The van der Waals surface area contributed by atoms with Gasteiger partial charge in [-0.3, -0.25) is 4.79 Å². The minimum atomic E-state index is -3.87. The predicted octanol–water partition coefficient (Wildman–Crippen LogP) is 3.14. The van der Waals surface area contributed by atoms with Crippen molar-refractivity contribution in [2.75, 3.05) is 14.2 Å². The van der Waals surface area contributed by atoms with Crippen molar-refractivity contribution in [2.45, 2.75) is 30.4 Å². The Morgan fingerprint density at radius 1 is 0.970 bits per heavy atom. The van der Waals surface area contributed by atoms with E-state index in [0.717, 1.165) is 16.7 Å². The van der Waals surface area contributed by atoms with Crippen molar-refractivity contribution in [3.8, 4) is 11.5 Å². The van der Waals surface area contributed by atoms with Crippen LogP contribution in [-0.4, -0.2) is 38.9 Å². The summed E-state index contributed by atoms with van der Waals surface area (Å²) in [6, 6.07) is 20.3. The summed E-state index contributed by atoms with van der Waals surface area (Å²) in [6.45, 7) is 0.334. The molecule has 3 aromatic rings. The first-order valence-corrected chi connectivity index (χ1v) is 12.0. The highest BCUT2D eigenvalue weighted by Gasteiger charge is 2.39. The number of benzene rings is 3. The quantitative estimate of drug-likeness (QED) is 0.578. The third kappa shape index (κ3) is 4.72. The number of methoxy groups -OCH3 is 2. The molecule has 0 aliphatic carbocycles. The van der Waals surface area contributed by atoms with Gasteiger partial charge in [0, 0.05) is 24.7 Å². The lowest BCUT2D eigenvalue weighted by molar-refractivity contribution is -0.125. The number of sulfonamides is 1. The van der Waals surface area contributed by atoms with E-state index in [1.54, 1.807) is 56.7 Å². The van der Waals surface area contributed by atoms with Crippen molar-refractivity contribution < 1.29 is 22.7 Å². The number of nitrogens with zero attached hydrogens (tertiary/aromatic N) is 1. The summed E-state index contributed by atoms with van der Waals surface area (Å²) in [6.07, 6.45) is 0.299. The molecule has 1 aliphatic rings. The SMILES string of the molecule is COc1ccc(CNC(=O)[C@H]2Cc3ccccc3CN2S(=O)(=O)c2ccccc2)c(OC)c1. The zero-order valence-corrected chi connectivity index (χ0v) is 19.3. The molecular formula is C25H26N2O5S. The van der Waals surface area contributed by atoms with Crippen LogP contribution in [0.3, 0.4) is 0 Å². The van der Waals surface area contributed by atoms with E-state index < -0.39 is 16.1 Å². The molecule has 0 saturated heterocycles. The highest BCUT2D eigenvalue weighted by molar-refractivity contribution is 7.89. The molecule has 1 N–H and O–H groups in total. The van der Waals surface area contributed by atoms with Crippen LogP contribution in [0.15, 0.2) is 77.7 Å². The second kappa shape index (κ2) is 9.64. The van der Waals surface area contributed by atoms with Gasteiger partial charge in [0.15, 0.2) is 0 Å². The van der Waals surface area contributed by atoms with Crippen molar-refractivity contribution in [2.24, 2.45) is 0 Å². The molecule has 172 valence electrons. The molecule has 0 radical (unpaired) electrons. The molecule has 33 heavy (non-hydrogen) atoms. The average Bonchev–Trinajstić information content (AvgIpc) is 2.86. The van der Waals surface area contributed by atoms with Gasteiger partial charge in [0.25, 0.3) is 0 Å². The Morgan fingerprint density at radius 2 is 1.67 bits per heavy atom. The topological polar surface area (TPSA) is 84.9 Å². The Balaban J connectivity index is 1.61. The third-order valence-corrected chi connectivity index (χ3v) is 7.67. The van der Waals surface area contributed by atoms with Crippen LogP contribution < -0.4 is 14.8 Å². The molecule has 0 unspecified atom stereocenters. The van der Waals surface area contributed by atoms with E-state index in [1.165, 1.54) is 4.31 Å². The second-order valence-electron chi connectivity index (χ2n) is 7.75. The van der Waals surface area contributed by atoms with Crippen molar-refractivity contribution in [3.63, 3.8) is 0 Å². The summed E-state index contributed by atoms with van der Waals surface area (Å²) < 4.78 is 38.9.